The van der Waals surface area contributed by atoms with Crippen molar-refractivity contribution in [3.05, 3.63) is 58.8 Å². The van der Waals surface area contributed by atoms with Gasteiger partial charge in [0.15, 0.2) is 16.9 Å². The number of carbonyl (C=O) groups is 1. The van der Waals surface area contributed by atoms with Gasteiger partial charge in [-0.15, -0.1) is 0 Å². The monoisotopic (exact) mass is 393 g/mol. The molecule has 150 valence electrons. The third-order valence-electron chi connectivity index (χ3n) is 4.84. The Bertz CT molecular complexity index is 1100. The molecular formula is C23H23NO5. The third kappa shape index (κ3) is 4.11. The van der Waals surface area contributed by atoms with Crippen LogP contribution in [0.5, 0.6) is 11.5 Å². The first-order valence-corrected chi connectivity index (χ1v) is 9.76. The number of nitrogens with one attached hydrogen (secondary N) is 1. The van der Waals surface area contributed by atoms with Crippen LogP contribution in [0.25, 0.3) is 22.3 Å². The molecular weight excluding hydrogens is 370 g/mol. The maximum absolute atomic E-state index is 12.3. The zero-order valence-corrected chi connectivity index (χ0v) is 16.4. The van der Waals surface area contributed by atoms with Crippen LogP contribution in [0.15, 0.2) is 57.7 Å². The van der Waals surface area contributed by atoms with Crippen LogP contribution in [0.1, 0.15) is 20.3 Å². The number of benzene rings is 2. The molecule has 2 aromatic carbocycles. The summed E-state index contributed by atoms with van der Waals surface area (Å²) in [5.74, 6) is 1.80. The molecule has 0 radical (unpaired) electrons. The summed E-state index contributed by atoms with van der Waals surface area (Å²) in [6.07, 6.45) is 0.232. The smallest absolute Gasteiger partial charge is 0.264 e. The summed E-state index contributed by atoms with van der Waals surface area (Å²) in [7, 11) is 0. The second-order valence-electron chi connectivity index (χ2n) is 7.52. The average Bonchev–Trinajstić information content (AvgIpc) is 2.72. The number of carbonyl (C=O) groups excluding carboxylic acids is 1. The average molecular weight is 393 g/mol. The number of para-hydroxylation sites is 1. The molecule has 2 heterocycles. The summed E-state index contributed by atoms with van der Waals surface area (Å²) in [5.41, 5.74) is 1.13. The van der Waals surface area contributed by atoms with Gasteiger partial charge in [0.1, 0.15) is 18.0 Å². The predicted octanol–water partition coefficient (Wildman–Crippen LogP) is 3.76. The van der Waals surface area contributed by atoms with Crippen LogP contribution >= 0.6 is 0 Å². The molecule has 4 rings (SSSR count). The summed E-state index contributed by atoms with van der Waals surface area (Å²) in [4.78, 5) is 24.6. The summed E-state index contributed by atoms with van der Waals surface area (Å²) >= 11 is 0. The van der Waals surface area contributed by atoms with Crippen LogP contribution in [0.4, 0.5) is 0 Å². The maximum atomic E-state index is 12.3. The van der Waals surface area contributed by atoms with Crippen molar-refractivity contribution in [1.82, 2.24) is 5.32 Å². The lowest BCUT2D eigenvalue weighted by Gasteiger charge is -2.26. The molecule has 1 aromatic heterocycles. The molecule has 0 aliphatic carbocycles. The molecule has 6 heteroatoms. The SMILES string of the molecule is CC(C)CCNC(=O)C1COc2cc(-c3cc(=O)c4ccccc4o3)ccc2O1. The first-order chi connectivity index (χ1) is 14.0. The van der Waals surface area contributed by atoms with E-state index in [0.29, 0.717) is 46.3 Å². The van der Waals surface area contributed by atoms with Crippen molar-refractivity contribution in [1.29, 1.82) is 0 Å². The summed E-state index contributed by atoms with van der Waals surface area (Å²) in [6.45, 7) is 4.96. The highest BCUT2D eigenvalue weighted by molar-refractivity contribution is 5.82. The number of rotatable bonds is 5. The Morgan fingerprint density at radius 2 is 1.97 bits per heavy atom. The lowest BCUT2D eigenvalue weighted by atomic mass is 10.1. The summed E-state index contributed by atoms with van der Waals surface area (Å²) in [6, 6.07) is 13.9. The highest BCUT2D eigenvalue weighted by atomic mass is 16.6. The fourth-order valence-electron chi connectivity index (χ4n) is 3.20. The van der Waals surface area contributed by atoms with E-state index in [-0.39, 0.29) is 17.9 Å². The first kappa shape index (κ1) is 19.1. The van der Waals surface area contributed by atoms with E-state index in [1.54, 1.807) is 36.4 Å². The van der Waals surface area contributed by atoms with E-state index >= 15 is 0 Å². The Morgan fingerprint density at radius 1 is 1.14 bits per heavy atom. The third-order valence-corrected chi connectivity index (χ3v) is 4.84. The molecule has 0 bridgehead atoms. The molecule has 1 N–H and O–H groups in total. The predicted molar refractivity (Wildman–Crippen MR) is 110 cm³/mol. The van der Waals surface area contributed by atoms with Gasteiger partial charge in [-0.25, -0.2) is 0 Å². The van der Waals surface area contributed by atoms with Crippen LogP contribution in [0, 0.1) is 5.92 Å². The topological polar surface area (TPSA) is 77.8 Å². The number of hydrogen-bond donors (Lipinski definition) is 1. The zero-order valence-electron chi connectivity index (χ0n) is 16.4. The van der Waals surface area contributed by atoms with E-state index in [2.05, 4.69) is 19.2 Å². The fraction of sp³-hybridized carbons (Fsp3) is 0.304. The molecule has 1 atom stereocenters. The standard InChI is InChI=1S/C23H23NO5/c1-14(2)9-10-24-23(26)22-13-27-21-11-15(7-8-19(21)29-22)20-12-17(25)16-5-3-4-6-18(16)28-20/h3-8,11-12,14,22H,9-10,13H2,1-2H3,(H,24,26). The van der Waals surface area contributed by atoms with E-state index < -0.39 is 6.10 Å². The fourth-order valence-corrected chi connectivity index (χ4v) is 3.20. The molecule has 1 unspecified atom stereocenters. The van der Waals surface area contributed by atoms with Gasteiger partial charge >= 0.3 is 0 Å². The minimum absolute atomic E-state index is 0.102. The van der Waals surface area contributed by atoms with Crippen LogP contribution in [-0.2, 0) is 4.79 Å². The molecule has 29 heavy (non-hydrogen) atoms. The van der Waals surface area contributed by atoms with E-state index in [9.17, 15) is 9.59 Å². The molecule has 1 aliphatic rings. The van der Waals surface area contributed by atoms with Crippen molar-refractivity contribution in [2.24, 2.45) is 5.92 Å². The van der Waals surface area contributed by atoms with Crippen LogP contribution < -0.4 is 20.2 Å². The Balaban J connectivity index is 1.52. The Kier molecular flexibility index (Phi) is 5.25. The van der Waals surface area contributed by atoms with Crippen molar-refractivity contribution in [2.75, 3.05) is 13.2 Å². The van der Waals surface area contributed by atoms with E-state index in [1.807, 2.05) is 6.07 Å². The molecule has 1 amide bonds. The van der Waals surface area contributed by atoms with Crippen LogP contribution in [0.3, 0.4) is 0 Å². The highest BCUT2D eigenvalue weighted by Crippen LogP contribution is 2.36. The second kappa shape index (κ2) is 7.99. The molecule has 0 fully saturated rings. The van der Waals surface area contributed by atoms with E-state index in [4.69, 9.17) is 13.9 Å². The van der Waals surface area contributed by atoms with E-state index in [1.165, 1.54) is 6.07 Å². The lowest BCUT2D eigenvalue weighted by molar-refractivity contribution is -0.130. The van der Waals surface area contributed by atoms with Crippen molar-refractivity contribution in [3.63, 3.8) is 0 Å². The van der Waals surface area contributed by atoms with Gasteiger partial charge in [0.2, 0.25) is 6.10 Å². The molecule has 3 aromatic rings. The molecule has 6 nitrogen and oxygen atoms in total. The normalized spacial score (nSPS) is 15.5. The van der Waals surface area contributed by atoms with E-state index in [0.717, 1.165) is 6.42 Å². The van der Waals surface area contributed by atoms with Gasteiger partial charge in [0.05, 0.1) is 5.39 Å². The number of ether oxygens (including phenoxy) is 2. The lowest BCUT2D eigenvalue weighted by Crippen LogP contribution is -2.44. The van der Waals surface area contributed by atoms with Gasteiger partial charge in [-0.2, -0.15) is 0 Å². The van der Waals surface area contributed by atoms with Gasteiger partial charge in [-0.3, -0.25) is 9.59 Å². The number of fused-ring (bicyclic) bond motifs is 2. The van der Waals surface area contributed by atoms with Gasteiger partial charge in [-0.05, 0) is 42.7 Å². The van der Waals surface area contributed by atoms with Crippen molar-refractivity contribution < 1.29 is 18.7 Å². The zero-order chi connectivity index (χ0) is 20.4. The van der Waals surface area contributed by atoms with Crippen molar-refractivity contribution in [2.45, 2.75) is 26.4 Å². The molecule has 0 spiro atoms. The summed E-state index contributed by atoms with van der Waals surface area (Å²) < 4.78 is 17.4. The number of amides is 1. The Labute approximate surface area is 168 Å². The van der Waals surface area contributed by atoms with Crippen molar-refractivity contribution in [3.8, 4) is 22.8 Å². The first-order valence-electron chi connectivity index (χ1n) is 9.76. The van der Waals surface area contributed by atoms with Crippen LogP contribution in [-0.4, -0.2) is 25.2 Å². The largest absolute Gasteiger partial charge is 0.485 e. The van der Waals surface area contributed by atoms with Crippen LogP contribution in [0.2, 0.25) is 0 Å². The Hall–Kier alpha value is -3.28. The Morgan fingerprint density at radius 3 is 2.79 bits per heavy atom. The van der Waals surface area contributed by atoms with Gasteiger partial charge in [0.25, 0.3) is 5.91 Å². The second-order valence-corrected chi connectivity index (χ2v) is 7.52. The molecule has 0 saturated heterocycles. The maximum Gasteiger partial charge on any atom is 0.264 e. The molecule has 0 saturated carbocycles. The quantitative estimate of drug-likeness (QED) is 0.714. The number of hydrogen-bond acceptors (Lipinski definition) is 5. The summed E-state index contributed by atoms with van der Waals surface area (Å²) in [5, 5.41) is 3.42. The van der Waals surface area contributed by atoms with Gasteiger partial charge in [-0.1, -0.05) is 26.0 Å². The van der Waals surface area contributed by atoms with Crippen molar-refractivity contribution >= 4 is 16.9 Å². The molecule has 1 aliphatic heterocycles. The van der Waals surface area contributed by atoms with Gasteiger partial charge < -0.3 is 19.2 Å². The highest BCUT2D eigenvalue weighted by Gasteiger charge is 2.27. The van der Waals surface area contributed by atoms with Gasteiger partial charge in [0, 0.05) is 18.2 Å². The minimum atomic E-state index is -0.681. The minimum Gasteiger partial charge on any atom is -0.485 e.